The summed E-state index contributed by atoms with van der Waals surface area (Å²) in [6.07, 6.45) is -19.3. The van der Waals surface area contributed by atoms with E-state index in [0.717, 1.165) is 11.1 Å². The van der Waals surface area contributed by atoms with Gasteiger partial charge in [0.05, 0.1) is 43.4 Å². The molecule has 9 N–H and O–H groups in total. The Hall–Kier alpha value is -2.65. The zero-order valence-corrected chi connectivity index (χ0v) is 48.2. The number of esters is 2. The van der Waals surface area contributed by atoms with E-state index < -0.39 is 180 Å². The van der Waals surface area contributed by atoms with Crippen LogP contribution in [0.3, 0.4) is 0 Å². The predicted molar refractivity (Wildman–Crippen MR) is 276 cm³/mol. The summed E-state index contributed by atoms with van der Waals surface area (Å²) in [5, 5.41) is 88.8. The Balaban J connectivity index is 0.922. The van der Waals surface area contributed by atoms with Crippen LogP contribution >= 0.6 is 0 Å². The lowest BCUT2D eigenvalue weighted by Gasteiger charge is -2.63. The molecule has 460 valence electrons. The summed E-state index contributed by atoms with van der Waals surface area (Å²) in [5.41, 5.74) is -1.45. The second kappa shape index (κ2) is 23.2. The van der Waals surface area contributed by atoms with E-state index in [2.05, 4.69) is 33.8 Å². The molecule has 0 aromatic rings. The van der Waals surface area contributed by atoms with Gasteiger partial charge < -0.3 is 93.0 Å². The van der Waals surface area contributed by atoms with Gasteiger partial charge in [0.25, 0.3) is 0 Å². The van der Waals surface area contributed by atoms with Crippen LogP contribution < -0.4 is 0 Å². The molecule has 25 nitrogen and oxygen atoms in total. The molecule has 0 amide bonds. The topological polar surface area (TPSA) is 361 Å². The van der Waals surface area contributed by atoms with Crippen LogP contribution in [0, 0.1) is 39.4 Å². The zero-order chi connectivity index (χ0) is 59.3. The van der Waals surface area contributed by atoms with Crippen LogP contribution in [0.2, 0.25) is 0 Å². The fraction of sp³-hybridized carbons (Fsp3) is 0.855. The number of hydrogen-bond acceptors (Lipinski definition) is 24. The van der Waals surface area contributed by atoms with Gasteiger partial charge in [0.2, 0.25) is 0 Å². The monoisotopic (exact) mass is 1180 g/mol. The van der Waals surface area contributed by atoms with E-state index in [1.165, 1.54) is 21.0 Å². The molecular weight excluding hydrogens is 1090 g/mol. The minimum absolute atomic E-state index is 0.0219. The van der Waals surface area contributed by atoms with Crippen LogP contribution in [0.5, 0.6) is 0 Å². The number of fused-ring (bicyclic) bond motifs is 4. The molecule has 0 aromatic carbocycles. The molecular formula is C55H84O25S. The van der Waals surface area contributed by atoms with Gasteiger partial charge in [-0.05, 0) is 95.0 Å². The smallest absolute Gasteiger partial charge is 0.397 e. The van der Waals surface area contributed by atoms with Crippen molar-refractivity contribution in [3.05, 3.63) is 35.5 Å². The zero-order valence-electron chi connectivity index (χ0n) is 47.4. The van der Waals surface area contributed by atoms with Gasteiger partial charge in [0.1, 0.15) is 91.1 Å². The number of hydrogen-bond donors (Lipinski definition) is 9. The average molecular weight is 1180 g/mol. The summed E-state index contributed by atoms with van der Waals surface area (Å²) in [4.78, 5) is 27.4. The molecule has 4 aliphatic carbocycles. The highest BCUT2D eigenvalue weighted by Gasteiger charge is 2.79. The normalized spacial score (nSPS) is 49.6. The van der Waals surface area contributed by atoms with E-state index in [4.69, 9.17) is 56.3 Å². The lowest BCUT2D eigenvalue weighted by atomic mass is 9.41. The van der Waals surface area contributed by atoms with Crippen molar-refractivity contribution in [2.45, 2.75) is 229 Å². The third-order valence-electron chi connectivity index (χ3n) is 19.8. The number of carbonyl (C=O) groups excluding carboxylic acids is 2. The van der Waals surface area contributed by atoms with Crippen LogP contribution in [0.25, 0.3) is 0 Å². The van der Waals surface area contributed by atoms with E-state index in [1.807, 2.05) is 39.0 Å². The van der Waals surface area contributed by atoms with Gasteiger partial charge in [-0.25, -0.2) is 4.18 Å². The number of ether oxygens (including phenoxy) is 11. The quantitative estimate of drug-likeness (QED) is 0.0464. The highest BCUT2D eigenvalue weighted by Crippen LogP contribution is 2.76. The van der Waals surface area contributed by atoms with Gasteiger partial charge in [0.15, 0.2) is 25.2 Å². The van der Waals surface area contributed by atoms with Gasteiger partial charge in [-0.1, -0.05) is 57.1 Å². The highest BCUT2D eigenvalue weighted by molar-refractivity contribution is 7.80. The van der Waals surface area contributed by atoms with E-state index in [0.29, 0.717) is 38.5 Å². The summed E-state index contributed by atoms with van der Waals surface area (Å²) in [6, 6.07) is 0. The van der Waals surface area contributed by atoms with Crippen molar-refractivity contribution in [1.29, 1.82) is 0 Å². The minimum Gasteiger partial charge on any atom is -0.462 e. The Bertz CT molecular complexity index is 2510. The standard InChI is InChI=1S/C55H84O25S/c1-24(2)12-11-17-54(9)45-30(73-26(4)57)20-53(8)28-13-14-33-51(5,6)34(16-18-52(33,7)27(28)15-19-55(45,53)50(65)79-54)75-49-44(36(60)32(23-71-49)80-81(66,67)68)78-47-38(62)37(61)41(25(3)72-47)76-48-40(64)43(35(59)31(21-56)74-48)77-46-39(63)42(69-10)29(58)22-70-46/h11-13,17,25,27,29-49,56,58-64H,14-16,18-23H2,1-10H3,(H,66,67,68)/b17-11-/t25?,27?,29-,30?,31?,32-,33?,34?,35-,36?,37?,38?,39?,40?,41-,42?,43?,44?,45?,46?,47+,48+,49+,52-,53?,54?,55-/m1/s1. The Morgan fingerprint density at radius 3 is 2.07 bits per heavy atom. The number of aliphatic hydroxyl groups is 8. The second-order valence-electron chi connectivity index (χ2n) is 25.3. The molecule has 0 aromatic heterocycles. The molecule has 0 radical (unpaired) electrons. The van der Waals surface area contributed by atoms with Crippen molar-refractivity contribution in [3.8, 4) is 0 Å². The van der Waals surface area contributed by atoms with E-state index in [9.17, 15) is 63.4 Å². The van der Waals surface area contributed by atoms with Crippen LogP contribution in [-0.4, -0.2) is 221 Å². The maximum Gasteiger partial charge on any atom is 0.397 e. The molecule has 5 saturated heterocycles. The average Bonchev–Trinajstić information content (AvgIpc) is 2.21. The van der Waals surface area contributed by atoms with Crippen LogP contribution in [0.4, 0.5) is 0 Å². The van der Waals surface area contributed by atoms with Gasteiger partial charge in [0, 0.05) is 19.4 Å². The molecule has 26 heteroatoms. The number of methoxy groups -OCH3 is 1. The number of cyclic esters (lactones) is 1. The van der Waals surface area contributed by atoms with Gasteiger partial charge in [-0.15, -0.1) is 0 Å². The third kappa shape index (κ3) is 11.1. The lowest BCUT2D eigenvalue weighted by molar-refractivity contribution is -0.386. The van der Waals surface area contributed by atoms with Crippen molar-refractivity contribution in [2.24, 2.45) is 39.4 Å². The Morgan fingerprint density at radius 2 is 1.42 bits per heavy atom. The van der Waals surface area contributed by atoms with Crippen molar-refractivity contribution >= 4 is 22.3 Å². The fourth-order valence-corrected chi connectivity index (χ4v) is 16.4. The van der Waals surface area contributed by atoms with E-state index >= 15 is 0 Å². The first-order chi connectivity index (χ1) is 37.9. The van der Waals surface area contributed by atoms with Crippen LogP contribution in [-0.2, 0) is 76.3 Å². The van der Waals surface area contributed by atoms with Gasteiger partial charge in [-0.3, -0.25) is 14.1 Å². The van der Waals surface area contributed by atoms with Crippen molar-refractivity contribution in [2.75, 3.05) is 26.9 Å². The SMILES string of the molecule is COC1C(O)C(OC2C(O)[C@H](O[C@@H]3C(C)O[C@@H](OC4C(O)[C@H](OS(=O)(=O)O)CO[C@H]4OC4CC[C@]5(C)C6CC[C@]78C(=O)OC(C)(/C=C\C=C(C)C)C7C(OC(C)=O)CC8(C)C6=CCC5C4(C)C)C(O)C3O)OC(CO)[C@H]2O)OC[C@H]1O. The lowest BCUT2D eigenvalue weighted by Crippen LogP contribution is -2.66. The number of allylic oxidation sites excluding steroid dienone is 5. The van der Waals surface area contributed by atoms with E-state index in [1.54, 1.807) is 0 Å². The van der Waals surface area contributed by atoms with E-state index in [-0.39, 0.29) is 29.8 Å². The first-order valence-corrected chi connectivity index (χ1v) is 29.4. The Morgan fingerprint density at radius 1 is 0.765 bits per heavy atom. The van der Waals surface area contributed by atoms with Crippen molar-refractivity contribution < 1.29 is 120 Å². The molecule has 3 saturated carbocycles. The molecule has 9 aliphatic rings. The molecule has 0 bridgehead atoms. The maximum atomic E-state index is 14.6. The molecule has 5 heterocycles. The summed E-state index contributed by atoms with van der Waals surface area (Å²) in [5.74, 6) is -1.17. The number of aliphatic hydroxyl groups excluding tert-OH is 8. The van der Waals surface area contributed by atoms with Crippen molar-refractivity contribution in [3.63, 3.8) is 0 Å². The predicted octanol–water partition coefficient (Wildman–Crippen LogP) is 0.396. The molecule has 8 fully saturated rings. The van der Waals surface area contributed by atoms with Gasteiger partial charge >= 0.3 is 22.3 Å². The molecule has 1 spiro atoms. The minimum atomic E-state index is -5.17. The summed E-state index contributed by atoms with van der Waals surface area (Å²) in [7, 11) is -3.93. The molecule has 18 unspecified atom stereocenters. The highest BCUT2D eigenvalue weighted by atomic mass is 32.3. The number of carbonyl (C=O) groups is 2. The maximum absolute atomic E-state index is 14.6. The first kappa shape index (κ1) is 62.9. The summed E-state index contributed by atoms with van der Waals surface area (Å²) < 4.78 is 104. The van der Waals surface area contributed by atoms with Crippen LogP contribution in [0.1, 0.15) is 101 Å². The second-order valence-corrected chi connectivity index (χ2v) is 26.3. The van der Waals surface area contributed by atoms with Crippen molar-refractivity contribution in [1.82, 2.24) is 0 Å². The van der Waals surface area contributed by atoms with Gasteiger partial charge in [-0.2, -0.15) is 8.42 Å². The summed E-state index contributed by atoms with van der Waals surface area (Å²) >= 11 is 0. The first-order valence-electron chi connectivity index (χ1n) is 28.0. The molecule has 81 heavy (non-hydrogen) atoms. The molecule has 9 rings (SSSR count). The summed E-state index contributed by atoms with van der Waals surface area (Å²) in [6.45, 7) is 15.5. The molecule has 27 atom stereocenters. The molecule has 5 aliphatic heterocycles. The fourth-order valence-electron chi connectivity index (χ4n) is 15.9. The number of rotatable bonds is 15. The largest absolute Gasteiger partial charge is 0.462 e. The third-order valence-corrected chi connectivity index (χ3v) is 20.3. The Labute approximate surface area is 471 Å². The van der Waals surface area contributed by atoms with Crippen LogP contribution in [0.15, 0.2) is 35.5 Å². The Kier molecular flexibility index (Phi) is 18.0.